The zero-order valence-electron chi connectivity index (χ0n) is 16.7. The van der Waals surface area contributed by atoms with Gasteiger partial charge < -0.3 is 14.2 Å². The molecule has 0 N–H and O–H groups in total. The number of ether oxygens (including phenoxy) is 1. The fraction of sp³-hybridized carbons (Fsp3) is 0.550. The highest BCUT2D eigenvalue weighted by Crippen LogP contribution is 2.21. The highest BCUT2D eigenvalue weighted by atomic mass is 16.5. The third kappa shape index (κ3) is 3.22. The van der Waals surface area contributed by atoms with Crippen LogP contribution >= 0.6 is 0 Å². The Bertz CT molecular complexity index is 1050. The molecule has 0 bridgehead atoms. The Morgan fingerprint density at radius 3 is 2.54 bits per heavy atom. The molecule has 1 aliphatic heterocycles. The third-order valence-electron chi connectivity index (χ3n) is 5.50. The van der Waals surface area contributed by atoms with E-state index in [1.54, 1.807) is 11.5 Å². The number of fused-ring (bicyclic) bond motifs is 3. The predicted molar refractivity (Wildman–Crippen MR) is 106 cm³/mol. The van der Waals surface area contributed by atoms with E-state index in [1.807, 2.05) is 33.7 Å². The minimum absolute atomic E-state index is 0.0292. The van der Waals surface area contributed by atoms with Gasteiger partial charge in [-0.25, -0.2) is 13.9 Å². The summed E-state index contributed by atoms with van der Waals surface area (Å²) in [6.45, 7) is 6.88. The lowest BCUT2D eigenvalue weighted by Crippen LogP contribution is -2.45. The number of para-hydroxylation sites is 2. The molecule has 0 radical (unpaired) electrons. The summed E-state index contributed by atoms with van der Waals surface area (Å²) in [6, 6.07) is 7.69. The van der Waals surface area contributed by atoms with Crippen molar-refractivity contribution in [3.63, 3.8) is 0 Å². The average Bonchev–Trinajstić information content (AvgIpc) is 3.14. The van der Waals surface area contributed by atoms with E-state index in [4.69, 9.17) is 4.74 Å². The van der Waals surface area contributed by atoms with Crippen LogP contribution in [0.1, 0.15) is 20.3 Å². The molecule has 1 amide bonds. The molecule has 1 aliphatic rings. The Balaban J connectivity index is 1.70. The molecule has 2 atom stereocenters. The van der Waals surface area contributed by atoms with Gasteiger partial charge in [-0.15, -0.1) is 5.10 Å². The van der Waals surface area contributed by atoms with Crippen molar-refractivity contribution >= 4 is 22.7 Å². The topological polar surface area (TPSA) is 73.8 Å². The van der Waals surface area contributed by atoms with E-state index in [1.165, 1.54) is 4.68 Å². The van der Waals surface area contributed by atoms with Gasteiger partial charge in [0.25, 0.3) is 0 Å². The van der Waals surface area contributed by atoms with Gasteiger partial charge in [-0.1, -0.05) is 26.0 Å². The molecular weight excluding hydrogens is 358 g/mol. The highest BCUT2D eigenvalue weighted by molar-refractivity contribution is 5.81. The number of piperidine rings is 1. The normalized spacial score (nSPS) is 20.3. The summed E-state index contributed by atoms with van der Waals surface area (Å²) in [4.78, 5) is 27.7. The highest BCUT2D eigenvalue weighted by Gasteiger charge is 2.27. The molecule has 2 aromatic heterocycles. The second-order valence-electron chi connectivity index (χ2n) is 7.95. The maximum Gasteiger partial charge on any atom is 0.352 e. The van der Waals surface area contributed by atoms with Crippen LogP contribution in [0.3, 0.4) is 0 Å². The number of amides is 1. The third-order valence-corrected chi connectivity index (χ3v) is 5.50. The van der Waals surface area contributed by atoms with E-state index < -0.39 is 0 Å². The molecule has 0 aliphatic carbocycles. The Morgan fingerprint density at radius 1 is 1.18 bits per heavy atom. The van der Waals surface area contributed by atoms with E-state index in [0.29, 0.717) is 30.8 Å². The molecule has 8 nitrogen and oxygen atoms in total. The fourth-order valence-corrected chi connectivity index (χ4v) is 4.37. The van der Waals surface area contributed by atoms with Crippen LogP contribution in [0.5, 0.6) is 0 Å². The van der Waals surface area contributed by atoms with Crippen molar-refractivity contribution in [2.24, 2.45) is 11.8 Å². The summed E-state index contributed by atoms with van der Waals surface area (Å²) in [5, 5.41) is 4.50. The van der Waals surface area contributed by atoms with Gasteiger partial charge in [-0.3, -0.25) is 4.79 Å². The maximum atomic E-state index is 13.0. The minimum atomic E-state index is -0.283. The standard InChI is InChI=1S/C20H27N5O3/c1-14-10-15(2)12-22(11-14)18(26)13-24-20(27)25-17-7-5-4-6-16(17)23(8-9-28-3)19(25)21-24/h4-7,14-15H,8-13H2,1-3H3/t14-,15+. The van der Waals surface area contributed by atoms with Gasteiger partial charge in [-0.05, 0) is 30.4 Å². The van der Waals surface area contributed by atoms with Crippen LogP contribution in [0.2, 0.25) is 0 Å². The number of carbonyl (C=O) groups excluding carboxylic acids is 1. The van der Waals surface area contributed by atoms with Crippen LogP contribution in [0.15, 0.2) is 29.1 Å². The van der Waals surface area contributed by atoms with Crippen molar-refractivity contribution in [1.29, 1.82) is 0 Å². The van der Waals surface area contributed by atoms with Gasteiger partial charge in [0.2, 0.25) is 11.7 Å². The van der Waals surface area contributed by atoms with Crippen LogP contribution in [0.25, 0.3) is 16.8 Å². The Morgan fingerprint density at radius 2 is 1.86 bits per heavy atom. The predicted octanol–water partition coefficient (Wildman–Crippen LogP) is 1.60. The second-order valence-corrected chi connectivity index (χ2v) is 7.95. The van der Waals surface area contributed by atoms with Crippen molar-refractivity contribution < 1.29 is 9.53 Å². The van der Waals surface area contributed by atoms with Gasteiger partial charge in [0.1, 0.15) is 6.54 Å². The SMILES string of the molecule is COCCn1c2ccccc2n2c(=O)n(CC(=O)N3C[C@H](C)C[C@H](C)C3)nc12. The number of carbonyl (C=O) groups is 1. The molecule has 4 rings (SSSR count). The largest absolute Gasteiger partial charge is 0.383 e. The fourth-order valence-electron chi connectivity index (χ4n) is 4.37. The van der Waals surface area contributed by atoms with E-state index in [9.17, 15) is 9.59 Å². The molecule has 28 heavy (non-hydrogen) atoms. The van der Waals surface area contributed by atoms with Crippen LogP contribution in [0, 0.1) is 11.8 Å². The van der Waals surface area contributed by atoms with Crippen LogP contribution in [-0.4, -0.2) is 56.4 Å². The lowest BCUT2D eigenvalue weighted by atomic mass is 9.92. The molecule has 8 heteroatoms. The minimum Gasteiger partial charge on any atom is -0.383 e. The van der Waals surface area contributed by atoms with Crippen molar-refractivity contribution in [1.82, 2.24) is 23.6 Å². The van der Waals surface area contributed by atoms with E-state index >= 15 is 0 Å². The molecule has 1 fully saturated rings. The van der Waals surface area contributed by atoms with Crippen molar-refractivity contribution in [2.75, 3.05) is 26.8 Å². The van der Waals surface area contributed by atoms with Gasteiger partial charge in [0.15, 0.2) is 0 Å². The smallest absolute Gasteiger partial charge is 0.352 e. The first-order valence-electron chi connectivity index (χ1n) is 9.83. The first-order chi connectivity index (χ1) is 13.5. The van der Waals surface area contributed by atoms with Gasteiger partial charge in [0.05, 0.1) is 17.6 Å². The number of hydrogen-bond donors (Lipinski definition) is 0. The molecular formula is C20H27N5O3. The zero-order valence-corrected chi connectivity index (χ0v) is 16.7. The van der Waals surface area contributed by atoms with Crippen LogP contribution < -0.4 is 5.69 Å². The Kier molecular flexibility index (Phi) is 4.97. The Labute approximate surface area is 163 Å². The lowest BCUT2D eigenvalue weighted by Gasteiger charge is -2.34. The summed E-state index contributed by atoms with van der Waals surface area (Å²) in [7, 11) is 1.65. The quantitative estimate of drug-likeness (QED) is 0.669. The maximum absolute atomic E-state index is 13.0. The zero-order chi connectivity index (χ0) is 19.8. The van der Waals surface area contributed by atoms with E-state index in [-0.39, 0.29) is 18.1 Å². The van der Waals surface area contributed by atoms with Crippen LogP contribution in [0.4, 0.5) is 0 Å². The number of hydrogen-bond acceptors (Lipinski definition) is 4. The number of likely N-dealkylation sites (tertiary alicyclic amines) is 1. The monoisotopic (exact) mass is 385 g/mol. The van der Waals surface area contributed by atoms with E-state index in [2.05, 4.69) is 18.9 Å². The van der Waals surface area contributed by atoms with Crippen LogP contribution in [-0.2, 0) is 22.6 Å². The van der Waals surface area contributed by atoms with Gasteiger partial charge >= 0.3 is 5.69 Å². The lowest BCUT2D eigenvalue weighted by molar-refractivity contribution is -0.134. The number of nitrogens with zero attached hydrogens (tertiary/aromatic N) is 5. The van der Waals surface area contributed by atoms with E-state index in [0.717, 1.165) is 30.5 Å². The second kappa shape index (κ2) is 7.43. The summed E-state index contributed by atoms with van der Waals surface area (Å²) >= 11 is 0. The molecule has 0 unspecified atom stereocenters. The molecule has 150 valence electrons. The molecule has 0 saturated carbocycles. The molecule has 3 aromatic rings. The summed E-state index contributed by atoms with van der Waals surface area (Å²) in [5.41, 5.74) is 1.43. The molecule has 0 spiro atoms. The van der Waals surface area contributed by atoms with Crippen molar-refractivity contribution in [2.45, 2.75) is 33.4 Å². The van der Waals surface area contributed by atoms with Crippen molar-refractivity contribution in [3.8, 4) is 0 Å². The summed E-state index contributed by atoms with van der Waals surface area (Å²) < 4.78 is 10.0. The number of aromatic nitrogens is 4. The first-order valence-corrected chi connectivity index (χ1v) is 9.83. The number of benzene rings is 1. The molecule has 1 saturated heterocycles. The van der Waals surface area contributed by atoms with Gasteiger partial charge in [0, 0.05) is 26.7 Å². The number of imidazole rings is 1. The average molecular weight is 385 g/mol. The molecule has 3 heterocycles. The summed E-state index contributed by atoms with van der Waals surface area (Å²) in [6.07, 6.45) is 1.13. The number of rotatable bonds is 5. The molecule has 1 aromatic carbocycles. The summed E-state index contributed by atoms with van der Waals surface area (Å²) in [5.74, 6) is 1.45. The first kappa shape index (κ1) is 18.7. The van der Waals surface area contributed by atoms with Crippen molar-refractivity contribution in [3.05, 3.63) is 34.7 Å². The van der Waals surface area contributed by atoms with Gasteiger partial charge in [-0.2, -0.15) is 0 Å². The Hall–Kier alpha value is -2.61. The number of methoxy groups -OCH3 is 1.